The number of methoxy groups -OCH3 is 2. The summed E-state index contributed by atoms with van der Waals surface area (Å²) in [6, 6.07) is 12.9. The van der Waals surface area contributed by atoms with E-state index in [0.29, 0.717) is 36.1 Å². The normalized spacial score (nSPS) is 10.0. The van der Waals surface area contributed by atoms with Crippen molar-refractivity contribution in [2.75, 3.05) is 33.2 Å². The summed E-state index contributed by atoms with van der Waals surface area (Å²) in [5.74, 6) is 2.50. The Bertz CT molecular complexity index is 572. The summed E-state index contributed by atoms with van der Waals surface area (Å²) in [7, 11) is 3.13. The Morgan fingerprint density at radius 2 is 1.43 bits per heavy atom. The van der Waals surface area contributed by atoms with Gasteiger partial charge in [0.25, 0.3) is 0 Å². The SMILES string of the molecule is COc1cc(N)c(OCCOc2ccccc2)cc1OC. The van der Waals surface area contributed by atoms with Gasteiger partial charge in [-0.3, -0.25) is 0 Å². The Kier molecular flexibility index (Phi) is 5.15. The molecule has 0 aliphatic carbocycles. The van der Waals surface area contributed by atoms with Crippen molar-refractivity contribution in [1.29, 1.82) is 0 Å². The lowest BCUT2D eigenvalue weighted by Gasteiger charge is -2.13. The van der Waals surface area contributed by atoms with Gasteiger partial charge in [0.1, 0.15) is 24.7 Å². The number of hydrogen-bond donors (Lipinski definition) is 1. The van der Waals surface area contributed by atoms with Gasteiger partial charge in [-0.15, -0.1) is 0 Å². The van der Waals surface area contributed by atoms with Gasteiger partial charge in [-0.05, 0) is 12.1 Å². The third-order valence-corrected chi connectivity index (χ3v) is 2.87. The van der Waals surface area contributed by atoms with E-state index in [1.165, 1.54) is 0 Å². The maximum absolute atomic E-state index is 5.91. The van der Waals surface area contributed by atoms with E-state index in [0.717, 1.165) is 5.75 Å². The van der Waals surface area contributed by atoms with E-state index in [-0.39, 0.29) is 0 Å². The van der Waals surface area contributed by atoms with Gasteiger partial charge in [0.2, 0.25) is 0 Å². The Morgan fingerprint density at radius 1 is 0.810 bits per heavy atom. The first-order valence-corrected chi connectivity index (χ1v) is 6.56. The summed E-state index contributed by atoms with van der Waals surface area (Å²) in [6.07, 6.45) is 0. The maximum Gasteiger partial charge on any atom is 0.164 e. The highest BCUT2D eigenvalue weighted by Crippen LogP contribution is 2.36. The molecule has 112 valence electrons. The Morgan fingerprint density at radius 3 is 2.10 bits per heavy atom. The van der Waals surface area contributed by atoms with E-state index in [1.807, 2.05) is 30.3 Å². The van der Waals surface area contributed by atoms with Gasteiger partial charge in [0.05, 0.1) is 19.9 Å². The fourth-order valence-corrected chi connectivity index (χ4v) is 1.83. The van der Waals surface area contributed by atoms with E-state index < -0.39 is 0 Å². The lowest BCUT2D eigenvalue weighted by atomic mass is 10.2. The van der Waals surface area contributed by atoms with Crippen LogP contribution in [0.1, 0.15) is 0 Å². The van der Waals surface area contributed by atoms with Crippen molar-refractivity contribution in [2.24, 2.45) is 0 Å². The van der Waals surface area contributed by atoms with Crippen molar-refractivity contribution < 1.29 is 18.9 Å². The van der Waals surface area contributed by atoms with Crippen molar-refractivity contribution in [3.63, 3.8) is 0 Å². The van der Waals surface area contributed by atoms with E-state index in [4.69, 9.17) is 24.7 Å². The molecule has 0 aliphatic heterocycles. The molecule has 0 aliphatic rings. The molecule has 2 N–H and O–H groups in total. The van der Waals surface area contributed by atoms with Crippen LogP contribution in [0.3, 0.4) is 0 Å². The molecule has 0 bridgehead atoms. The summed E-state index contributed by atoms with van der Waals surface area (Å²) in [5, 5.41) is 0. The molecule has 5 heteroatoms. The third-order valence-electron chi connectivity index (χ3n) is 2.87. The molecular weight excluding hydrogens is 270 g/mol. The fourth-order valence-electron chi connectivity index (χ4n) is 1.83. The summed E-state index contributed by atoms with van der Waals surface area (Å²) in [4.78, 5) is 0. The molecule has 0 saturated carbocycles. The predicted molar refractivity (Wildman–Crippen MR) is 81.4 cm³/mol. The predicted octanol–water partition coefficient (Wildman–Crippen LogP) is 2.74. The van der Waals surface area contributed by atoms with Gasteiger partial charge in [-0.2, -0.15) is 0 Å². The lowest BCUT2D eigenvalue weighted by molar-refractivity contribution is 0.217. The monoisotopic (exact) mass is 289 g/mol. The number of benzene rings is 2. The summed E-state index contributed by atoms with van der Waals surface area (Å²) < 4.78 is 21.5. The highest BCUT2D eigenvalue weighted by Gasteiger charge is 2.10. The number of hydrogen-bond acceptors (Lipinski definition) is 5. The molecule has 0 unspecified atom stereocenters. The number of para-hydroxylation sites is 1. The Labute approximate surface area is 124 Å². The molecule has 0 aromatic heterocycles. The van der Waals surface area contributed by atoms with Gasteiger partial charge in [0.15, 0.2) is 11.5 Å². The van der Waals surface area contributed by atoms with Crippen LogP contribution in [0.15, 0.2) is 42.5 Å². The van der Waals surface area contributed by atoms with Gasteiger partial charge in [0, 0.05) is 12.1 Å². The number of rotatable bonds is 7. The molecule has 21 heavy (non-hydrogen) atoms. The minimum absolute atomic E-state index is 0.384. The van der Waals surface area contributed by atoms with Gasteiger partial charge in [-0.1, -0.05) is 18.2 Å². The first kappa shape index (κ1) is 14.8. The molecule has 2 aromatic rings. The van der Waals surface area contributed by atoms with Crippen LogP contribution in [-0.4, -0.2) is 27.4 Å². The number of anilines is 1. The topological polar surface area (TPSA) is 62.9 Å². The molecule has 2 aromatic carbocycles. The summed E-state index contributed by atoms with van der Waals surface area (Å²) in [6.45, 7) is 0.812. The standard InChI is InChI=1S/C16H19NO4/c1-18-15-10-13(17)14(11-16(15)19-2)21-9-8-20-12-6-4-3-5-7-12/h3-7,10-11H,8-9,17H2,1-2H3. The number of nitrogens with two attached hydrogens (primary N) is 1. The second-order valence-corrected chi connectivity index (χ2v) is 4.25. The molecule has 5 nitrogen and oxygen atoms in total. The van der Waals surface area contributed by atoms with E-state index in [9.17, 15) is 0 Å². The van der Waals surface area contributed by atoms with Crippen LogP contribution in [0.5, 0.6) is 23.0 Å². The molecule has 0 radical (unpaired) electrons. The summed E-state index contributed by atoms with van der Waals surface area (Å²) >= 11 is 0. The molecule has 0 heterocycles. The van der Waals surface area contributed by atoms with Crippen LogP contribution in [0.2, 0.25) is 0 Å². The van der Waals surface area contributed by atoms with Crippen LogP contribution >= 0.6 is 0 Å². The molecule has 0 fully saturated rings. The number of nitrogen functional groups attached to an aromatic ring is 1. The van der Waals surface area contributed by atoms with Crippen LogP contribution in [-0.2, 0) is 0 Å². The third kappa shape index (κ3) is 3.95. The van der Waals surface area contributed by atoms with Crippen molar-refractivity contribution in [1.82, 2.24) is 0 Å². The lowest BCUT2D eigenvalue weighted by Crippen LogP contribution is -2.10. The zero-order valence-corrected chi connectivity index (χ0v) is 12.2. The average Bonchev–Trinajstić information content (AvgIpc) is 2.53. The van der Waals surface area contributed by atoms with E-state index >= 15 is 0 Å². The molecule has 0 spiro atoms. The first-order valence-electron chi connectivity index (χ1n) is 6.56. The van der Waals surface area contributed by atoms with Crippen molar-refractivity contribution in [3.8, 4) is 23.0 Å². The van der Waals surface area contributed by atoms with E-state index in [1.54, 1.807) is 26.4 Å². The second-order valence-electron chi connectivity index (χ2n) is 4.25. The van der Waals surface area contributed by atoms with Crippen molar-refractivity contribution in [3.05, 3.63) is 42.5 Å². The minimum atomic E-state index is 0.384. The van der Waals surface area contributed by atoms with Crippen LogP contribution in [0.4, 0.5) is 5.69 Å². The molecule has 0 atom stereocenters. The van der Waals surface area contributed by atoms with Gasteiger partial charge >= 0.3 is 0 Å². The maximum atomic E-state index is 5.91. The zero-order valence-electron chi connectivity index (χ0n) is 12.2. The quantitative estimate of drug-likeness (QED) is 0.627. The molecule has 2 rings (SSSR count). The van der Waals surface area contributed by atoms with Gasteiger partial charge in [-0.25, -0.2) is 0 Å². The van der Waals surface area contributed by atoms with Crippen LogP contribution in [0.25, 0.3) is 0 Å². The Balaban J connectivity index is 1.91. The zero-order chi connectivity index (χ0) is 15.1. The molecule has 0 saturated heterocycles. The van der Waals surface area contributed by atoms with Crippen LogP contribution in [0, 0.1) is 0 Å². The van der Waals surface area contributed by atoms with E-state index in [2.05, 4.69) is 0 Å². The fraction of sp³-hybridized carbons (Fsp3) is 0.250. The molecule has 0 amide bonds. The van der Waals surface area contributed by atoms with Crippen LogP contribution < -0.4 is 24.7 Å². The highest BCUT2D eigenvalue weighted by molar-refractivity contribution is 5.61. The Hall–Kier alpha value is -2.56. The van der Waals surface area contributed by atoms with Crippen molar-refractivity contribution >= 4 is 5.69 Å². The number of ether oxygens (including phenoxy) is 4. The minimum Gasteiger partial charge on any atom is -0.493 e. The molecular formula is C16H19NO4. The van der Waals surface area contributed by atoms with Gasteiger partial charge < -0.3 is 24.7 Å². The van der Waals surface area contributed by atoms with Crippen molar-refractivity contribution in [2.45, 2.75) is 0 Å². The average molecular weight is 289 g/mol. The largest absolute Gasteiger partial charge is 0.493 e. The first-order chi connectivity index (χ1) is 10.2. The summed E-state index contributed by atoms with van der Waals surface area (Å²) in [5.41, 5.74) is 6.41. The second kappa shape index (κ2) is 7.28. The highest BCUT2D eigenvalue weighted by atomic mass is 16.5. The smallest absolute Gasteiger partial charge is 0.164 e.